The number of piperazine rings is 1. The van der Waals surface area contributed by atoms with Gasteiger partial charge in [0, 0.05) is 42.5 Å². The Morgan fingerprint density at radius 2 is 1.83 bits per heavy atom. The fraction of sp³-hybridized carbons (Fsp3) is 0.238. The Morgan fingerprint density at radius 1 is 1.07 bits per heavy atom. The average Bonchev–Trinajstić information content (AvgIpc) is 3.13. The first-order chi connectivity index (χ1) is 14.1. The molecule has 0 spiro atoms. The first kappa shape index (κ1) is 19.7. The van der Waals surface area contributed by atoms with E-state index in [0.717, 1.165) is 35.1 Å². The van der Waals surface area contributed by atoms with Crippen molar-refractivity contribution in [2.24, 2.45) is 0 Å². The van der Waals surface area contributed by atoms with Gasteiger partial charge in [-0.1, -0.05) is 59.8 Å². The Balaban J connectivity index is 1.31. The minimum atomic E-state index is 0.102. The molecule has 2 heterocycles. The van der Waals surface area contributed by atoms with Crippen molar-refractivity contribution in [2.45, 2.75) is 5.16 Å². The zero-order chi connectivity index (χ0) is 20.2. The summed E-state index contributed by atoms with van der Waals surface area (Å²) < 4.78 is 1.48. The summed E-state index contributed by atoms with van der Waals surface area (Å²) in [4.78, 5) is 21.4. The van der Waals surface area contributed by atoms with E-state index in [-0.39, 0.29) is 5.91 Å². The maximum absolute atomic E-state index is 12.6. The number of carbonyl (C=O) groups is 1. The number of imidazole rings is 1. The molecule has 29 heavy (non-hydrogen) atoms. The fourth-order valence-electron chi connectivity index (χ4n) is 3.34. The van der Waals surface area contributed by atoms with Crippen LogP contribution >= 0.6 is 23.4 Å². The number of amides is 1. The summed E-state index contributed by atoms with van der Waals surface area (Å²) in [5.74, 6) is 6.45. The summed E-state index contributed by atoms with van der Waals surface area (Å²) in [6.07, 6.45) is 1.78. The minimum absolute atomic E-state index is 0.102. The van der Waals surface area contributed by atoms with Crippen molar-refractivity contribution in [1.82, 2.24) is 14.6 Å². The van der Waals surface area contributed by atoms with Crippen LogP contribution in [0.5, 0.6) is 0 Å². The third-order valence-electron chi connectivity index (χ3n) is 4.90. The van der Waals surface area contributed by atoms with Gasteiger partial charge in [-0.2, -0.15) is 0 Å². The van der Waals surface area contributed by atoms with Crippen LogP contribution < -0.4 is 10.7 Å². The van der Waals surface area contributed by atoms with Gasteiger partial charge in [0.05, 0.1) is 17.6 Å². The summed E-state index contributed by atoms with van der Waals surface area (Å²) in [6, 6.07) is 17.7. The molecule has 1 aromatic heterocycles. The van der Waals surface area contributed by atoms with Crippen LogP contribution in [0.4, 0.5) is 5.69 Å². The van der Waals surface area contributed by atoms with E-state index in [1.54, 1.807) is 6.20 Å². The zero-order valence-electron chi connectivity index (χ0n) is 15.9. The molecule has 3 aromatic rings. The number of rotatable bonds is 5. The molecular weight excluding hydrogens is 406 g/mol. The molecule has 6 nitrogen and oxygen atoms in total. The number of nitrogens with two attached hydrogens (primary N) is 1. The number of nitrogens with zero attached hydrogens (tertiary/aromatic N) is 4. The summed E-state index contributed by atoms with van der Waals surface area (Å²) in [7, 11) is 0. The van der Waals surface area contributed by atoms with Crippen molar-refractivity contribution in [1.29, 1.82) is 0 Å². The number of hydrogen-bond donors (Lipinski definition) is 1. The number of thioether (sulfide) groups is 1. The van der Waals surface area contributed by atoms with Crippen LogP contribution in [-0.4, -0.2) is 52.4 Å². The molecule has 0 aliphatic carbocycles. The van der Waals surface area contributed by atoms with Gasteiger partial charge in [-0.05, 0) is 18.2 Å². The average molecular weight is 428 g/mol. The fourth-order valence-corrected chi connectivity index (χ4v) is 4.32. The van der Waals surface area contributed by atoms with E-state index in [0.29, 0.717) is 24.0 Å². The monoisotopic (exact) mass is 427 g/mol. The lowest BCUT2D eigenvalue weighted by Crippen LogP contribution is -2.49. The minimum Gasteiger partial charge on any atom is -0.368 e. The molecule has 1 amide bonds. The molecule has 2 N–H and O–H groups in total. The molecule has 0 bridgehead atoms. The maximum atomic E-state index is 12.6. The van der Waals surface area contributed by atoms with Gasteiger partial charge >= 0.3 is 0 Å². The van der Waals surface area contributed by atoms with Crippen LogP contribution in [-0.2, 0) is 4.79 Å². The van der Waals surface area contributed by atoms with Crippen molar-refractivity contribution in [3.63, 3.8) is 0 Å². The van der Waals surface area contributed by atoms with Crippen LogP contribution in [0.2, 0.25) is 5.02 Å². The van der Waals surface area contributed by atoms with E-state index < -0.39 is 0 Å². The lowest BCUT2D eigenvalue weighted by molar-refractivity contribution is -0.128. The summed E-state index contributed by atoms with van der Waals surface area (Å²) in [5.41, 5.74) is 2.90. The van der Waals surface area contributed by atoms with E-state index >= 15 is 0 Å². The molecular formula is C21H22ClN5OS. The quantitative estimate of drug-likeness (QED) is 0.499. The van der Waals surface area contributed by atoms with Crippen molar-refractivity contribution in [3.05, 3.63) is 65.8 Å². The normalized spacial score (nSPS) is 14.2. The van der Waals surface area contributed by atoms with Gasteiger partial charge in [0.2, 0.25) is 5.91 Å². The second-order valence-electron chi connectivity index (χ2n) is 6.82. The molecule has 0 atom stereocenters. The molecule has 150 valence electrons. The highest BCUT2D eigenvalue weighted by molar-refractivity contribution is 7.99. The highest BCUT2D eigenvalue weighted by atomic mass is 35.5. The SMILES string of the molecule is Nn1cc(-c2ccccc2)nc1SCC(=O)N1CCN(c2cccc(Cl)c2)CC1. The molecule has 1 aliphatic heterocycles. The molecule has 0 radical (unpaired) electrons. The van der Waals surface area contributed by atoms with Crippen LogP contribution in [0.1, 0.15) is 0 Å². The van der Waals surface area contributed by atoms with Gasteiger partial charge in [-0.3, -0.25) is 4.79 Å². The highest BCUT2D eigenvalue weighted by Crippen LogP contribution is 2.24. The molecule has 0 unspecified atom stereocenters. The smallest absolute Gasteiger partial charge is 0.233 e. The van der Waals surface area contributed by atoms with Gasteiger partial charge in [-0.15, -0.1) is 0 Å². The Morgan fingerprint density at radius 3 is 2.55 bits per heavy atom. The third kappa shape index (κ3) is 4.68. The topological polar surface area (TPSA) is 67.4 Å². The van der Waals surface area contributed by atoms with E-state index in [4.69, 9.17) is 17.4 Å². The van der Waals surface area contributed by atoms with Crippen LogP contribution in [0.15, 0.2) is 66.0 Å². The molecule has 8 heteroatoms. The molecule has 4 rings (SSSR count). The Labute approximate surface area is 179 Å². The lowest BCUT2D eigenvalue weighted by Gasteiger charge is -2.36. The van der Waals surface area contributed by atoms with E-state index in [2.05, 4.69) is 9.88 Å². The van der Waals surface area contributed by atoms with E-state index in [1.807, 2.05) is 59.5 Å². The summed E-state index contributed by atoms with van der Waals surface area (Å²) >= 11 is 7.45. The Kier molecular flexibility index (Phi) is 5.97. The van der Waals surface area contributed by atoms with Gasteiger partial charge in [0.25, 0.3) is 0 Å². The molecule has 1 aliphatic rings. The standard InChI is InChI=1S/C21H22ClN5OS/c22-17-7-4-8-18(13-17)25-9-11-26(12-10-25)20(28)15-29-21-24-19(14-27(21)23)16-5-2-1-3-6-16/h1-8,13-14H,9-12,15,23H2. The second kappa shape index (κ2) is 8.80. The maximum Gasteiger partial charge on any atom is 0.233 e. The number of carbonyl (C=O) groups excluding carboxylic acids is 1. The first-order valence-electron chi connectivity index (χ1n) is 9.41. The number of benzene rings is 2. The predicted octanol–water partition coefficient (Wildman–Crippen LogP) is 3.36. The van der Waals surface area contributed by atoms with Crippen molar-refractivity contribution >= 4 is 35.0 Å². The van der Waals surface area contributed by atoms with E-state index in [9.17, 15) is 4.79 Å². The number of hydrogen-bond acceptors (Lipinski definition) is 5. The molecule has 0 saturated carbocycles. The van der Waals surface area contributed by atoms with Gasteiger partial charge in [0.15, 0.2) is 5.16 Å². The number of halogens is 1. The van der Waals surface area contributed by atoms with Crippen LogP contribution in [0, 0.1) is 0 Å². The highest BCUT2D eigenvalue weighted by Gasteiger charge is 2.22. The number of nitrogen functional groups attached to an aromatic ring is 1. The zero-order valence-corrected chi connectivity index (χ0v) is 17.4. The van der Waals surface area contributed by atoms with Crippen molar-refractivity contribution in [2.75, 3.05) is 42.7 Å². The summed E-state index contributed by atoms with van der Waals surface area (Å²) in [6.45, 7) is 2.97. The van der Waals surface area contributed by atoms with Crippen LogP contribution in [0.3, 0.4) is 0 Å². The Bertz CT molecular complexity index is 986. The number of anilines is 1. The first-order valence-corrected chi connectivity index (χ1v) is 10.8. The molecule has 2 aromatic carbocycles. The molecule has 1 saturated heterocycles. The molecule has 1 fully saturated rings. The summed E-state index contributed by atoms with van der Waals surface area (Å²) in [5, 5.41) is 1.36. The van der Waals surface area contributed by atoms with Gasteiger partial charge in [0.1, 0.15) is 0 Å². The van der Waals surface area contributed by atoms with Crippen molar-refractivity contribution in [3.8, 4) is 11.3 Å². The van der Waals surface area contributed by atoms with Gasteiger partial charge < -0.3 is 15.6 Å². The van der Waals surface area contributed by atoms with Crippen LogP contribution in [0.25, 0.3) is 11.3 Å². The second-order valence-corrected chi connectivity index (χ2v) is 8.20. The van der Waals surface area contributed by atoms with Gasteiger partial charge in [-0.25, -0.2) is 9.66 Å². The lowest BCUT2D eigenvalue weighted by atomic mass is 10.2. The van der Waals surface area contributed by atoms with E-state index in [1.165, 1.54) is 16.4 Å². The Hall–Kier alpha value is -2.64. The van der Waals surface area contributed by atoms with Crippen molar-refractivity contribution < 1.29 is 4.79 Å². The predicted molar refractivity (Wildman–Crippen MR) is 119 cm³/mol. The largest absolute Gasteiger partial charge is 0.368 e. The third-order valence-corrected chi connectivity index (χ3v) is 6.09. The number of aromatic nitrogens is 2.